The molecular weight excluding hydrogens is 262 g/mol. The third kappa shape index (κ3) is 4.43. The second-order valence-corrected chi connectivity index (χ2v) is 5.46. The van der Waals surface area contributed by atoms with Crippen LogP contribution in [0.2, 0.25) is 0 Å². The van der Waals surface area contributed by atoms with Crippen molar-refractivity contribution in [2.45, 2.75) is 31.2 Å². The van der Waals surface area contributed by atoms with Crippen LogP contribution in [-0.4, -0.2) is 16.6 Å². The number of carboxylic acids is 1. The number of carboxylic acid groups (broad SMARTS) is 1. The highest BCUT2D eigenvalue weighted by atomic mass is 16.4. The minimum atomic E-state index is -1.20. The van der Waals surface area contributed by atoms with Gasteiger partial charge in [0, 0.05) is 6.42 Å². The summed E-state index contributed by atoms with van der Waals surface area (Å²) in [6.07, 6.45) is 2.44. The number of benzene rings is 2. The normalized spacial score (nSPS) is 13.6. The van der Waals surface area contributed by atoms with Crippen molar-refractivity contribution >= 4 is 5.97 Å². The molecule has 0 bridgehead atoms. The highest BCUT2D eigenvalue weighted by Gasteiger charge is 2.33. The summed E-state index contributed by atoms with van der Waals surface area (Å²) < 4.78 is 0. The molecule has 0 radical (unpaired) electrons. The van der Waals surface area contributed by atoms with Gasteiger partial charge in [-0.2, -0.15) is 0 Å². The molecule has 0 aliphatic heterocycles. The van der Waals surface area contributed by atoms with Crippen molar-refractivity contribution in [2.75, 3.05) is 0 Å². The van der Waals surface area contributed by atoms with E-state index < -0.39 is 11.5 Å². The van der Waals surface area contributed by atoms with E-state index in [9.17, 15) is 9.90 Å². The maximum Gasteiger partial charge on any atom is 0.324 e. The Bertz CT molecular complexity index is 568. The van der Waals surface area contributed by atoms with Gasteiger partial charge in [0.2, 0.25) is 0 Å². The molecule has 0 aliphatic carbocycles. The van der Waals surface area contributed by atoms with Gasteiger partial charge in [-0.25, -0.2) is 0 Å². The standard InChI is InChI=1S/C18H21NO2/c19-18(17(20)21,14-16-10-5-2-6-11-16)13-7-12-15-8-3-1-4-9-15/h1-6,8-11H,7,12-14,19H2,(H,20,21)/t18-/m1/s1. The zero-order valence-corrected chi connectivity index (χ0v) is 12.0. The van der Waals surface area contributed by atoms with E-state index in [1.165, 1.54) is 5.56 Å². The average molecular weight is 283 g/mol. The van der Waals surface area contributed by atoms with Crippen LogP contribution in [0.3, 0.4) is 0 Å². The Hall–Kier alpha value is -2.13. The van der Waals surface area contributed by atoms with Gasteiger partial charge in [-0.15, -0.1) is 0 Å². The summed E-state index contributed by atoms with van der Waals surface area (Å²) in [5, 5.41) is 9.47. The molecule has 0 unspecified atom stereocenters. The van der Waals surface area contributed by atoms with Crippen LogP contribution < -0.4 is 5.73 Å². The van der Waals surface area contributed by atoms with Gasteiger partial charge >= 0.3 is 5.97 Å². The van der Waals surface area contributed by atoms with Crippen LogP contribution in [0.5, 0.6) is 0 Å². The van der Waals surface area contributed by atoms with Gasteiger partial charge in [-0.05, 0) is 30.4 Å². The average Bonchev–Trinajstić information content (AvgIpc) is 2.49. The lowest BCUT2D eigenvalue weighted by Gasteiger charge is -2.25. The van der Waals surface area contributed by atoms with Crippen LogP contribution >= 0.6 is 0 Å². The molecule has 1 atom stereocenters. The van der Waals surface area contributed by atoms with E-state index >= 15 is 0 Å². The van der Waals surface area contributed by atoms with E-state index in [-0.39, 0.29) is 0 Å². The summed E-state index contributed by atoms with van der Waals surface area (Å²) in [7, 11) is 0. The van der Waals surface area contributed by atoms with Gasteiger partial charge in [-0.1, -0.05) is 60.7 Å². The minimum absolute atomic E-state index is 0.359. The smallest absolute Gasteiger partial charge is 0.324 e. The highest BCUT2D eigenvalue weighted by molar-refractivity contribution is 5.78. The number of nitrogens with two attached hydrogens (primary N) is 1. The molecule has 0 saturated carbocycles. The Morgan fingerprint density at radius 1 is 0.952 bits per heavy atom. The molecule has 2 rings (SSSR count). The molecule has 3 N–H and O–H groups in total. The second-order valence-electron chi connectivity index (χ2n) is 5.46. The van der Waals surface area contributed by atoms with Gasteiger partial charge in [0.1, 0.15) is 5.54 Å². The molecule has 0 heterocycles. The number of rotatable bonds is 7. The molecule has 3 nitrogen and oxygen atoms in total. The summed E-state index contributed by atoms with van der Waals surface area (Å²) in [5.74, 6) is -0.931. The number of carbonyl (C=O) groups is 1. The topological polar surface area (TPSA) is 63.3 Å². The molecule has 0 aliphatic rings. The Labute approximate surface area is 125 Å². The first-order valence-electron chi connectivity index (χ1n) is 7.20. The number of hydrogen-bond acceptors (Lipinski definition) is 2. The fourth-order valence-corrected chi connectivity index (χ4v) is 2.48. The van der Waals surface area contributed by atoms with Crippen molar-refractivity contribution in [1.82, 2.24) is 0 Å². The van der Waals surface area contributed by atoms with E-state index in [0.29, 0.717) is 12.8 Å². The summed E-state index contributed by atoms with van der Waals surface area (Å²) >= 11 is 0. The SMILES string of the molecule is N[C@](CCCc1ccccc1)(Cc1ccccc1)C(=O)O. The first kappa shape index (κ1) is 15.3. The van der Waals surface area contributed by atoms with Crippen molar-refractivity contribution in [1.29, 1.82) is 0 Å². The monoisotopic (exact) mass is 283 g/mol. The van der Waals surface area contributed by atoms with Crippen LogP contribution in [0.1, 0.15) is 24.0 Å². The highest BCUT2D eigenvalue weighted by Crippen LogP contribution is 2.19. The zero-order valence-electron chi connectivity index (χ0n) is 12.0. The summed E-state index contributed by atoms with van der Waals surface area (Å²) in [6.45, 7) is 0. The van der Waals surface area contributed by atoms with E-state index in [4.69, 9.17) is 5.73 Å². The van der Waals surface area contributed by atoms with Gasteiger partial charge in [0.05, 0.1) is 0 Å². The van der Waals surface area contributed by atoms with Crippen molar-refractivity contribution in [3.8, 4) is 0 Å². The van der Waals surface area contributed by atoms with Gasteiger partial charge in [0.15, 0.2) is 0 Å². The summed E-state index contributed by atoms with van der Waals surface area (Å²) in [4.78, 5) is 11.5. The predicted octanol–water partition coefficient (Wildman–Crippen LogP) is 3.03. The first-order valence-corrected chi connectivity index (χ1v) is 7.20. The largest absolute Gasteiger partial charge is 0.480 e. The third-order valence-electron chi connectivity index (χ3n) is 3.72. The molecule has 3 heteroatoms. The third-order valence-corrected chi connectivity index (χ3v) is 3.72. The lowest BCUT2D eigenvalue weighted by molar-refractivity contribution is -0.143. The fraction of sp³-hybridized carbons (Fsp3) is 0.278. The molecule has 2 aromatic rings. The molecule has 21 heavy (non-hydrogen) atoms. The maximum atomic E-state index is 11.5. The molecule has 0 saturated heterocycles. The molecule has 110 valence electrons. The van der Waals surface area contributed by atoms with Crippen LogP contribution in [0.25, 0.3) is 0 Å². The van der Waals surface area contributed by atoms with Crippen LogP contribution in [0, 0.1) is 0 Å². The van der Waals surface area contributed by atoms with Crippen molar-refractivity contribution in [3.63, 3.8) is 0 Å². The Morgan fingerprint density at radius 2 is 1.48 bits per heavy atom. The van der Waals surface area contributed by atoms with Gasteiger partial charge in [0.25, 0.3) is 0 Å². The van der Waals surface area contributed by atoms with Crippen molar-refractivity contribution in [2.24, 2.45) is 5.73 Å². The van der Waals surface area contributed by atoms with Gasteiger partial charge in [-0.3, -0.25) is 4.79 Å². The van der Waals surface area contributed by atoms with Crippen LogP contribution in [0.4, 0.5) is 0 Å². The predicted molar refractivity (Wildman–Crippen MR) is 84.1 cm³/mol. The Kier molecular flexibility index (Phi) is 5.12. The molecule has 0 aromatic heterocycles. The maximum absolute atomic E-state index is 11.5. The van der Waals surface area contributed by atoms with Crippen molar-refractivity contribution < 1.29 is 9.90 Å². The van der Waals surface area contributed by atoms with Crippen LogP contribution in [0.15, 0.2) is 60.7 Å². The lowest BCUT2D eigenvalue weighted by Crippen LogP contribution is -2.50. The molecular formula is C18H21NO2. The number of aliphatic carboxylic acids is 1. The molecule has 0 fully saturated rings. The number of aryl methyl sites for hydroxylation is 1. The Balaban J connectivity index is 1.96. The first-order chi connectivity index (χ1) is 10.1. The Morgan fingerprint density at radius 3 is 2.00 bits per heavy atom. The van der Waals surface area contributed by atoms with Crippen LogP contribution in [-0.2, 0) is 17.6 Å². The van der Waals surface area contributed by atoms with E-state index in [2.05, 4.69) is 12.1 Å². The summed E-state index contributed by atoms with van der Waals surface area (Å²) in [5.41, 5.74) is 7.11. The molecule has 2 aromatic carbocycles. The van der Waals surface area contributed by atoms with E-state index in [1.807, 2.05) is 48.5 Å². The number of hydrogen-bond donors (Lipinski definition) is 2. The molecule has 0 amide bonds. The zero-order chi connectivity index (χ0) is 15.1. The fourth-order valence-electron chi connectivity index (χ4n) is 2.48. The minimum Gasteiger partial charge on any atom is -0.480 e. The lowest BCUT2D eigenvalue weighted by atomic mass is 9.86. The summed E-state index contributed by atoms with van der Waals surface area (Å²) in [6, 6.07) is 19.6. The second kappa shape index (κ2) is 7.04. The van der Waals surface area contributed by atoms with Gasteiger partial charge < -0.3 is 10.8 Å². The quantitative estimate of drug-likeness (QED) is 0.821. The molecule has 0 spiro atoms. The van der Waals surface area contributed by atoms with E-state index in [1.54, 1.807) is 0 Å². The van der Waals surface area contributed by atoms with Crippen molar-refractivity contribution in [3.05, 3.63) is 71.8 Å². The van der Waals surface area contributed by atoms with E-state index in [0.717, 1.165) is 18.4 Å².